The molecule has 108 valence electrons. The van der Waals surface area contributed by atoms with E-state index in [1.54, 1.807) is 18.2 Å². The van der Waals surface area contributed by atoms with E-state index in [1.165, 1.54) is 12.1 Å². The number of ether oxygens (including phenoxy) is 2. The molecule has 0 atom stereocenters. The van der Waals surface area contributed by atoms with E-state index >= 15 is 0 Å². The lowest BCUT2D eigenvalue weighted by molar-refractivity contribution is -0.274. The number of hydrogen-bond acceptors (Lipinski definition) is 3. The van der Waals surface area contributed by atoms with Crippen molar-refractivity contribution in [1.29, 1.82) is 5.26 Å². The first-order valence-electron chi connectivity index (χ1n) is 5.61. The van der Waals surface area contributed by atoms with Gasteiger partial charge in [0.2, 0.25) is 0 Å². The third-order valence-electron chi connectivity index (χ3n) is 2.35. The summed E-state index contributed by atoms with van der Waals surface area (Å²) in [7, 11) is 0. The Kier molecular flexibility index (Phi) is 4.38. The van der Waals surface area contributed by atoms with Crippen LogP contribution < -0.4 is 9.47 Å². The van der Waals surface area contributed by atoms with Crippen LogP contribution >= 0.6 is 15.9 Å². The number of nitrogens with zero attached hydrogens (tertiary/aromatic N) is 1. The van der Waals surface area contributed by atoms with E-state index in [0.29, 0.717) is 21.5 Å². The SMILES string of the molecule is N#Cc1ccc(Oc2ccc(OC(F)(F)F)cc2)c(Br)c1. The highest BCUT2D eigenvalue weighted by Crippen LogP contribution is 2.32. The highest BCUT2D eigenvalue weighted by Gasteiger charge is 2.30. The summed E-state index contributed by atoms with van der Waals surface area (Å²) in [5.74, 6) is 0.460. The summed E-state index contributed by atoms with van der Waals surface area (Å²) in [6, 6.07) is 11.7. The number of benzene rings is 2. The maximum atomic E-state index is 12.0. The second-order valence-corrected chi connectivity index (χ2v) is 4.73. The van der Waals surface area contributed by atoms with Crippen molar-refractivity contribution in [3.63, 3.8) is 0 Å². The van der Waals surface area contributed by atoms with Gasteiger partial charge in [0.15, 0.2) is 0 Å². The van der Waals surface area contributed by atoms with E-state index in [9.17, 15) is 13.2 Å². The Morgan fingerprint density at radius 3 is 2.14 bits per heavy atom. The molecular formula is C14H7BrF3NO2. The lowest BCUT2D eigenvalue weighted by Gasteiger charge is -2.10. The lowest BCUT2D eigenvalue weighted by atomic mass is 10.2. The van der Waals surface area contributed by atoms with E-state index < -0.39 is 6.36 Å². The topological polar surface area (TPSA) is 42.2 Å². The van der Waals surface area contributed by atoms with Crippen LogP contribution in [0.5, 0.6) is 17.2 Å². The molecule has 0 aliphatic heterocycles. The molecule has 0 aliphatic carbocycles. The van der Waals surface area contributed by atoms with Crippen LogP contribution in [-0.4, -0.2) is 6.36 Å². The second-order valence-electron chi connectivity index (χ2n) is 3.88. The van der Waals surface area contributed by atoms with Crippen LogP contribution in [0.15, 0.2) is 46.9 Å². The van der Waals surface area contributed by atoms with Crippen molar-refractivity contribution in [3.05, 3.63) is 52.5 Å². The molecule has 0 bridgehead atoms. The molecule has 0 amide bonds. The Morgan fingerprint density at radius 2 is 1.62 bits per heavy atom. The predicted molar refractivity (Wildman–Crippen MR) is 72.1 cm³/mol. The van der Waals surface area contributed by atoms with Gasteiger partial charge in [-0.2, -0.15) is 5.26 Å². The summed E-state index contributed by atoms with van der Waals surface area (Å²) < 4.78 is 45.9. The van der Waals surface area contributed by atoms with Crippen molar-refractivity contribution in [2.24, 2.45) is 0 Å². The van der Waals surface area contributed by atoms with Crippen molar-refractivity contribution in [2.45, 2.75) is 6.36 Å². The van der Waals surface area contributed by atoms with E-state index in [-0.39, 0.29) is 5.75 Å². The van der Waals surface area contributed by atoms with E-state index in [2.05, 4.69) is 20.7 Å². The highest BCUT2D eigenvalue weighted by molar-refractivity contribution is 9.10. The van der Waals surface area contributed by atoms with Crippen LogP contribution in [0, 0.1) is 11.3 Å². The molecular weight excluding hydrogens is 351 g/mol. The fraction of sp³-hybridized carbons (Fsp3) is 0.0714. The van der Waals surface area contributed by atoms with Gasteiger partial charge in [-0.15, -0.1) is 13.2 Å². The largest absolute Gasteiger partial charge is 0.573 e. The minimum absolute atomic E-state index is 0.325. The highest BCUT2D eigenvalue weighted by atomic mass is 79.9. The molecule has 0 saturated carbocycles. The van der Waals surface area contributed by atoms with E-state index in [0.717, 1.165) is 12.1 Å². The van der Waals surface area contributed by atoms with Gasteiger partial charge in [0, 0.05) is 0 Å². The van der Waals surface area contributed by atoms with Crippen molar-refractivity contribution >= 4 is 15.9 Å². The van der Waals surface area contributed by atoms with Crippen LogP contribution in [0.4, 0.5) is 13.2 Å². The van der Waals surface area contributed by atoms with Gasteiger partial charge in [-0.1, -0.05) is 0 Å². The first-order chi connectivity index (χ1) is 9.87. The quantitative estimate of drug-likeness (QED) is 0.775. The van der Waals surface area contributed by atoms with Gasteiger partial charge in [0.05, 0.1) is 16.1 Å². The van der Waals surface area contributed by atoms with Gasteiger partial charge in [-0.3, -0.25) is 0 Å². The van der Waals surface area contributed by atoms with Crippen molar-refractivity contribution < 1.29 is 22.6 Å². The molecule has 0 N–H and O–H groups in total. The molecule has 0 radical (unpaired) electrons. The van der Waals surface area contributed by atoms with Crippen LogP contribution in [0.25, 0.3) is 0 Å². The van der Waals surface area contributed by atoms with Gasteiger partial charge in [-0.05, 0) is 58.4 Å². The molecule has 0 fully saturated rings. The number of halogens is 4. The first kappa shape index (κ1) is 15.2. The van der Waals surface area contributed by atoms with Gasteiger partial charge >= 0.3 is 6.36 Å². The Balaban J connectivity index is 2.12. The molecule has 2 aromatic carbocycles. The molecule has 0 spiro atoms. The van der Waals surface area contributed by atoms with Gasteiger partial charge in [0.1, 0.15) is 17.2 Å². The molecule has 0 aromatic heterocycles. The first-order valence-corrected chi connectivity index (χ1v) is 6.40. The normalized spacial score (nSPS) is 10.8. The minimum atomic E-state index is -4.72. The average Bonchev–Trinajstić information content (AvgIpc) is 2.41. The second kappa shape index (κ2) is 6.06. The minimum Gasteiger partial charge on any atom is -0.456 e. The number of alkyl halides is 3. The predicted octanol–water partition coefficient (Wildman–Crippen LogP) is 5.01. The summed E-state index contributed by atoms with van der Waals surface area (Å²) in [6.07, 6.45) is -4.72. The molecule has 2 rings (SSSR count). The average molecular weight is 358 g/mol. The molecule has 0 aliphatic rings. The maximum absolute atomic E-state index is 12.0. The Labute approximate surface area is 126 Å². The van der Waals surface area contributed by atoms with Crippen LogP contribution in [0.2, 0.25) is 0 Å². The number of rotatable bonds is 3. The molecule has 3 nitrogen and oxygen atoms in total. The Hall–Kier alpha value is -2.20. The molecule has 0 saturated heterocycles. The molecule has 2 aromatic rings. The van der Waals surface area contributed by atoms with Gasteiger partial charge in [0.25, 0.3) is 0 Å². The van der Waals surface area contributed by atoms with Crippen LogP contribution in [0.3, 0.4) is 0 Å². The zero-order valence-electron chi connectivity index (χ0n) is 10.3. The molecule has 0 unspecified atom stereocenters. The van der Waals surface area contributed by atoms with Crippen LogP contribution in [-0.2, 0) is 0 Å². The van der Waals surface area contributed by atoms with Crippen molar-refractivity contribution in [3.8, 4) is 23.3 Å². The Morgan fingerprint density at radius 1 is 1.00 bits per heavy atom. The van der Waals surface area contributed by atoms with Gasteiger partial charge < -0.3 is 9.47 Å². The van der Waals surface area contributed by atoms with Gasteiger partial charge in [-0.25, -0.2) is 0 Å². The summed E-state index contributed by atoms with van der Waals surface area (Å²) in [5.41, 5.74) is 0.461. The van der Waals surface area contributed by atoms with E-state index in [4.69, 9.17) is 10.00 Å². The molecule has 0 heterocycles. The smallest absolute Gasteiger partial charge is 0.456 e. The third-order valence-corrected chi connectivity index (χ3v) is 2.97. The summed E-state index contributed by atoms with van der Waals surface area (Å²) in [6.45, 7) is 0. The summed E-state index contributed by atoms with van der Waals surface area (Å²) in [4.78, 5) is 0. The van der Waals surface area contributed by atoms with Crippen molar-refractivity contribution in [2.75, 3.05) is 0 Å². The summed E-state index contributed by atoms with van der Waals surface area (Å²) >= 11 is 3.25. The zero-order chi connectivity index (χ0) is 15.5. The monoisotopic (exact) mass is 357 g/mol. The molecule has 7 heteroatoms. The zero-order valence-corrected chi connectivity index (χ0v) is 11.9. The standard InChI is InChI=1S/C14H7BrF3NO2/c15-12-7-9(8-19)1-6-13(12)20-10-2-4-11(5-3-10)21-14(16,17)18/h1-7H. The van der Waals surface area contributed by atoms with Crippen molar-refractivity contribution in [1.82, 2.24) is 0 Å². The van der Waals surface area contributed by atoms with Crippen LogP contribution in [0.1, 0.15) is 5.56 Å². The third kappa shape index (κ3) is 4.39. The summed E-state index contributed by atoms with van der Waals surface area (Å²) in [5, 5.41) is 8.75. The fourth-order valence-electron chi connectivity index (χ4n) is 1.49. The lowest BCUT2D eigenvalue weighted by Crippen LogP contribution is -2.16. The van der Waals surface area contributed by atoms with E-state index in [1.807, 2.05) is 6.07 Å². The number of nitriles is 1. The maximum Gasteiger partial charge on any atom is 0.573 e. The Bertz CT molecular complexity index is 678. The number of hydrogen-bond donors (Lipinski definition) is 0. The fourth-order valence-corrected chi connectivity index (χ4v) is 1.95. The molecule has 21 heavy (non-hydrogen) atoms.